The Kier molecular flexibility index (Phi) is 2.97. The van der Waals surface area contributed by atoms with E-state index in [0.29, 0.717) is 0 Å². The van der Waals surface area contributed by atoms with Gasteiger partial charge in [0.05, 0.1) is 11.4 Å². The highest BCUT2D eigenvalue weighted by atomic mass is 35.5. The number of halogens is 1. The van der Waals surface area contributed by atoms with Crippen LogP contribution in [0.15, 0.2) is 36.4 Å². The summed E-state index contributed by atoms with van der Waals surface area (Å²) < 4.78 is 0. The number of aryl methyl sites for hydroxylation is 1. The van der Waals surface area contributed by atoms with Crippen LogP contribution in [0.5, 0.6) is 0 Å². The van der Waals surface area contributed by atoms with Crippen LogP contribution in [0.2, 0.25) is 5.02 Å². The molecule has 0 bridgehead atoms. The molecule has 0 saturated carbocycles. The molecule has 15 heavy (non-hydrogen) atoms. The van der Waals surface area contributed by atoms with E-state index >= 15 is 0 Å². The van der Waals surface area contributed by atoms with Gasteiger partial charge in [-0.1, -0.05) is 29.8 Å². The van der Waals surface area contributed by atoms with Gasteiger partial charge in [0.15, 0.2) is 0 Å². The van der Waals surface area contributed by atoms with Gasteiger partial charge in [-0.3, -0.25) is 0 Å². The van der Waals surface area contributed by atoms with E-state index in [9.17, 15) is 0 Å². The molecule has 0 saturated heterocycles. The molecule has 2 aromatic rings. The number of hydrogen-bond acceptors (Lipinski definition) is 2. The normalized spacial score (nSPS) is 10.3. The molecule has 0 radical (unpaired) electrons. The third-order valence-electron chi connectivity index (χ3n) is 2.18. The van der Waals surface area contributed by atoms with Gasteiger partial charge in [0, 0.05) is 11.4 Å². The summed E-state index contributed by atoms with van der Waals surface area (Å²) in [6.45, 7) is 1.92. The molecule has 0 fully saturated rings. The van der Waals surface area contributed by atoms with Gasteiger partial charge < -0.3 is 0 Å². The number of benzene rings is 1. The third kappa shape index (κ3) is 2.54. The van der Waals surface area contributed by atoms with Gasteiger partial charge in [0.1, 0.15) is 0 Å². The molecule has 1 heterocycles. The minimum absolute atomic E-state index is 0.729. The number of nitrogens with zero attached hydrogens (tertiary/aromatic N) is 2. The smallest absolute Gasteiger partial charge is 0.0675 e. The maximum atomic E-state index is 6.06. The third-order valence-corrected chi connectivity index (χ3v) is 2.55. The van der Waals surface area contributed by atoms with Crippen LogP contribution < -0.4 is 0 Å². The van der Waals surface area contributed by atoms with Crippen LogP contribution in [0, 0.1) is 6.92 Å². The summed E-state index contributed by atoms with van der Waals surface area (Å²) in [5.74, 6) is 0. The van der Waals surface area contributed by atoms with Crippen molar-refractivity contribution in [3.05, 3.63) is 58.4 Å². The average Bonchev–Trinajstić information content (AvgIpc) is 2.25. The Balaban J connectivity index is 2.22. The molecule has 0 amide bonds. The number of rotatable bonds is 2. The van der Waals surface area contributed by atoms with Crippen molar-refractivity contribution in [3.8, 4) is 0 Å². The molecular formula is C12H11ClN2. The van der Waals surface area contributed by atoms with Crippen LogP contribution in [-0.2, 0) is 6.42 Å². The zero-order valence-electron chi connectivity index (χ0n) is 8.44. The molecule has 0 aliphatic carbocycles. The molecule has 1 aromatic heterocycles. The molecule has 0 spiro atoms. The van der Waals surface area contributed by atoms with Crippen molar-refractivity contribution in [3.63, 3.8) is 0 Å². The van der Waals surface area contributed by atoms with E-state index in [-0.39, 0.29) is 0 Å². The van der Waals surface area contributed by atoms with Crippen molar-refractivity contribution in [2.45, 2.75) is 13.3 Å². The van der Waals surface area contributed by atoms with Crippen LogP contribution in [0.25, 0.3) is 0 Å². The van der Waals surface area contributed by atoms with Crippen molar-refractivity contribution in [1.29, 1.82) is 0 Å². The van der Waals surface area contributed by atoms with E-state index < -0.39 is 0 Å². The first-order valence-electron chi connectivity index (χ1n) is 4.78. The van der Waals surface area contributed by atoms with Gasteiger partial charge in [-0.25, -0.2) is 0 Å². The lowest BCUT2D eigenvalue weighted by atomic mass is 10.1. The molecule has 2 nitrogen and oxygen atoms in total. The summed E-state index contributed by atoms with van der Waals surface area (Å²) in [4.78, 5) is 0. The lowest BCUT2D eigenvalue weighted by Gasteiger charge is -2.02. The van der Waals surface area contributed by atoms with Crippen molar-refractivity contribution in [1.82, 2.24) is 10.2 Å². The molecule has 0 aliphatic heterocycles. The summed E-state index contributed by atoms with van der Waals surface area (Å²) in [7, 11) is 0. The molecule has 76 valence electrons. The Labute approximate surface area is 93.9 Å². The zero-order chi connectivity index (χ0) is 10.7. The standard InChI is InChI=1S/C12H11ClN2/c1-9-6-7-11(15-14-9)8-10-4-2-3-5-12(10)13/h2-7H,8H2,1H3. The quantitative estimate of drug-likeness (QED) is 0.775. The van der Waals surface area contributed by atoms with E-state index in [1.165, 1.54) is 0 Å². The second kappa shape index (κ2) is 4.41. The maximum absolute atomic E-state index is 6.06. The van der Waals surface area contributed by atoms with E-state index in [0.717, 1.165) is 28.4 Å². The van der Waals surface area contributed by atoms with Gasteiger partial charge in [0.25, 0.3) is 0 Å². The van der Waals surface area contributed by atoms with E-state index in [4.69, 9.17) is 11.6 Å². The molecular weight excluding hydrogens is 208 g/mol. The predicted octanol–water partition coefficient (Wildman–Crippen LogP) is 3.03. The monoisotopic (exact) mass is 218 g/mol. The first kappa shape index (κ1) is 10.1. The van der Waals surface area contributed by atoms with Crippen molar-refractivity contribution < 1.29 is 0 Å². The summed E-state index contributed by atoms with van der Waals surface area (Å²) in [5, 5.41) is 8.90. The predicted molar refractivity (Wildman–Crippen MR) is 61.0 cm³/mol. The van der Waals surface area contributed by atoms with Crippen LogP contribution in [-0.4, -0.2) is 10.2 Å². The average molecular weight is 219 g/mol. The van der Waals surface area contributed by atoms with Crippen molar-refractivity contribution in [2.24, 2.45) is 0 Å². The van der Waals surface area contributed by atoms with E-state index in [1.807, 2.05) is 43.3 Å². The second-order valence-corrected chi connectivity index (χ2v) is 3.84. The van der Waals surface area contributed by atoms with Crippen LogP contribution >= 0.6 is 11.6 Å². The Morgan fingerprint density at radius 1 is 1.07 bits per heavy atom. The highest BCUT2D eigenvalue weighted by Crippen LogP contribution is 2.17. The first-order chi connectivity index (χ1) is 7.25. The lowest BCUT2D eigenvalue weighted by molar-refractivity contribution is 0.907. The molecule has 0 atom stereocenters. The fourth-order valence-electron chi connectivity index (χ4n) is 1.36. The minimum atomic E-state index is 0.729. The SMILES string of the molecule is Cc1ccc(Cc2ccccc2Cl)nn1. The summed E-state index contributed by atoms with van der Waals surface area (Å²) in [5.41, 5.74) is 2.95. The first-order valence-corrected chi connectivity index (χ1v) is 5.16. The van der Waals surface area contributed by atoms with Gasteiger partial charge in [-0.05, 0) is 30.7 Å². The van der Waals surface area contributed by atoms with Crippen LogP contribution in [0.4, 0.5) is 0 Å². The van der Waals surface area contributed by atoms with Crippen LogP contribution in [0.3, 0.4) is 0 Å². The Bertz CT molecular complexity index is 451. The summed E-state index contributed by atoms with van der Waals surface area (Å²) in [6.07, 6.45) is 0.729. The van der Waals surface area contributed by atoms with Crippen LogP contribution in [0.1, 0.15) is 17.0 Å². The fourth-order valence-corrected chi connectivity index (χ4v) is 1.56. The number of hydrogen-bond donors (Lipinski definition) is 0. The summed E-state index contributed by atoms with van der Waals surface area (Å²) >= 11 is 6.06. The van der Waals surface area contributed by atoms with Gasteiger partial charge >= 0.3 is 0 Å². The Morgan fingerprint density at radius 3 is 2.53 bits per heavy atom. The minimum Gasteiger partial charge on any atom is -0.156 e. The topological polar surface area (TPSA) is 25.8 Å². The van der Waals surface area contributed by atoms with Crippen molar-refractivity contribution in [2.75, 3.05) is 0 Å². The van der Waals surface area contributed by atoms with Gasteiger partial charge in [-0.2, -0.15) is 10.2 Å². The Hall–Kier alpha value is -1.41. The Morgan fingerprint density at radius 2 is 1.87 bits per heavy atom. The van der Waals surface area contributed by atoms with Gasteiger partial charge in [-0.15, -0.1) is 0 Å². The molecule has 0 unspecified atom stereocenters. The van der Waals surface area contributed by atoms with Crippen molar-refractivity contribution >= 4 is 11.6 Å². The van der Waals surface area contributed by atoms with E-state index in [1.54, 1.807) is 0 Å². The summed E-state index contributed by atoms with van der Waals surface area (Å²) in [6, 6.07) is 11.7. The molecule has 0 aliphatic rings. The largest absolute Gasteiger partial charge is 0.156 e. The molecule has 3 heteroatoms. The fraction of sp³-hybridized carbons (Fsp3) is 0.167. The molecule has 1 aromatic carbocycles. The van der Waals surface area contributed by atoms with E-state index in [2.05, 4.69) is 10.2 Å². The zero-order valence-corrected chi connectivity index (χ0v) is 9.20. The number of aromatic nitrogens is 2. The second-order valence-electron chi connectivity index (χ2n) is 3.43. The lowest BCUT2D eigenvalue weighted by Crippen LogP contribution is -1.96. The highest BCUT2D eigenvalue weighted by Gasteiger charge is 2.01. The molecule has 2 rings (SSSR count). The molecule has 0 N–H and O–H groups in total. The highest BCUT2D eigenvalue weighted by molar-refractivity contribution is 6.31. The van der Waals surface area contributed by atoms with Gasteiger partial charge in [0.2, 0.25) is 0 Å². The maximum Gasteiger partial charge on any atom is 0.0675 e.